The summed E-state index contributed by atoms with van der Waals surface area (Å²) in [4.78, 5) is 9.59. The lowest BCUT2D eigenvalue weighted by atomic mass is 10.3. The van der Waals surface area contributed by atoms with Gasteiger partial charge >= 0.3 is 0 Å². The molecule has 0 aromatic heterocycles. The number of hydrogen-bond donors (Lipinski definition) is 1. The summed E-state index contributed by atoms with van der Waals surface area (Å²) in [7, 11) is 0. The molecule has 4 heteroatoms. The van der Waals surface area contributed by atoms with Gasteiger partial charge in [-0.3, -0.25) is 4.79 Å². The SMILES string of the molecule is CCC(N)=O.CCSC.CSC(C)(C)C. The first-order valence-corrected chi connectivity index (χ1v) is 7.69. The van der Waals surface area contributed by atoms with Gasteiger partial charge in [-0.05, 0) is 18.3 Å². The van der Waals surface area contributed by atoms with Crippen LogP contribution in [0.2, 0.25) is 0 Å². The number of carbonyl (C=O) groups is 1. The first-order valence-electron chi connectivity index (χ1n) is 5.07. The van der Waals surface area contributed by atoms with Crippen molar-refractivity contribution in [1.29, 1.82) is 0 Å². The van der Waals surface area contributed by atoms with Crippen LogP contribution in [0.1, 0.15) is 41.0 Å². The van der Waals surface area contributed by atoms with Gasteiger partial charge in [0.05, 0.1) is 0 Å². The molecule has 0 aliphatic rings. The molecular weight excluding hydrogens is 226 g/mol. The van der Waals surface area contributed by atoms with E-state index in [4.69, 9.17) is 0 Å². The predicted molar refractivity (Wildman–Crippen MR) is 76.8 cm³/mol. The molecule has 2 N–H and O–H groups in total. The second-order valence-electron chi connectivity index (χ2n) is 3.71. The molecule has 0 radical (unpaired) electrons. The van der Waals surface area contributed by atoms with Crippen molar-refractivity contribution in [3.8, 4) is 0 Å². The Bertz CT molecular complexity index is 131. The molecule has 0 aromatic carbocycles. The highest BCUT2D eigenvalue weighted by atomic mass is 32.2. The summed E-state index contributed by atoms with van der Waals surface area (Å²) in [5.74, 6) is 0.991. The van der Waals surface area contributed by atoms with Crippen molar-refractivity contribution in [3.63, 3.8) is 0 Å². The molecule has 0 bridgehead atoms. The van der Waals surface area contributed by atoms with Crippen LogP contribution in [0.3, 0.4) is 0 Å². The average molecular weight is 253 g/mol. The minimum Gasteiger partial charge on any atom is -0.370 e. The third kappa shape index (κ3) is 55.1. The molecule has 2 nitrogen and oxygen atoms in total. The summed E-state index contributed by atoms with van der Waals surface area (Å²) < 4.78 is 0.458. The average Bonchev–Trinajstić information content (AvgIpc) is 2.18. The maximum Gasteiger partial charge on any atom is 0.217 e. The van der Waals surface area contributed by atoms with Crippen LogP contribution in [0.5, 0.6) is 0 Å². The van der Waals surface area contributed by atoms with Gasteiger partial charge in [-0.25, -0.2) is 0 Å². The van der Waals surface area contributed by atoms with E-state index in [1.807, 2.05) is 23.5 Å². The van der Waals surface area contributed by atoms with Crippen molar-refractivity contribution in [1.82, 2.24) is 0 Å². The van der Waals surface area contributed by atoms with Crippen LogP contribution < -0.4 is 5.73 Å². The van der Waals surface area contributed by atoms with Gasteiger partial charge in [-0.1, -0.05) is 34.6 Å². The molecule has 0 saturated carbocycles. The number of nitrogens with two attached hydrogens (primary N) is 1. The molecule has 0 unspecified atom stereocenters. The Morgan fingerprint density at radius 2 is 1.40 bits per heavy atom. The summed E-state index contributed by atoms with van der Waals surface area (Å²) in [5.41, 5.74) is 4.65. The van der Waals surface area contributed by atoms with Gasteiger partial charge in [0.15, 0.2) is 0 Å². The molecular formula is C11H27NOS2. The van der Waals surface area contributed by atoms with E-state index in [1.54, 1.807) is 6.92 Å². The number of amides is 1. The maximum atomic E-state index is 9.59. The fourth-order valence-corrected chi connectivity index (χ4v) is 0. The van der Waals surface area contributed by atoms with Crippen molar-refractivity contribution in [3.05, 3.63) is 0 Å². The van der Waals surface area contributed by atoms with Gasteiger partial charge in [-0.15, -0.1) is 0 Å². The molecule has 0 fully saturated rings. The number of carbonyl (C=O) groups excluding carboxylic acids is 1. The molecule has 0 spiro atoms. The summed E-state index contributed by atoms with van der Waals surface area (Å²) >= 11 is 3.74. The Morgan fingerprint density at radius 3 is 1.40 bits per heavy atom. The van der Waals surface area contributed by atoms with E-state index in [9.17, 15) is 4.79 Å². The largest absolute Gasteiger partial charge is 0.370 e. The Labute approximate surface area is 104 Å². The monoisotopic (exact) mass is 253 g/mol. The molecule has 0 aliphatic carbocycles. The predicted octanol–water partition coefficient (Wildman–Crippen LogP) is 3.40. The molecule has 0 atom stereocenters. The number of primary amides is 1. The van der Waals surface area contributed by atoms with E-state index in [0.717, 1.165) is 0 Å². The van der Waals surface area contributed by atoms with E-state index in [1.165, 1.54) is 5.75 Å². The molecule has 1 amide bonds. The van der Waals surface area contributed by atoms with E-state index >= 15 is 0 Å². The molecule has 0 rings (SSSR count). The van der Waals surface area contributed by atoms with Crippen molar-refractivity contribution < 1.29 is 4.79 Å². The van der Waals surface area contributed by atoms with Gasteiger partial charge in [0.1, 0.15) is 0 Å². The lowest BCUT2D eigenvalue weighted by Gasteiger charge is -2.12. The fourth-order valence-electron chi connectivity index (χ4n) is 0. The molecule has 0 saturated heterocycles. The Hall–Kier alpha value is 0.170. The molecule has 0 aliphatic heterocycles. The van der Waals surface area contributed by atoms with Crippen LogP contribution in [0, 0.1) is 0 Å². The lowest BCUT2D eigenvalue weighted by molar-refractivity contribution is -0.117. The summed E-state index contributed by atoms with van der Waals surface area (Å²) in [6.45, 7) is 10.5. The van der Waals surface area contributed by atoms with Crippen LogP contribution in [-0.2, 0) is 4.79 Å². The third-order valence-corrected chi connectivity index (χ3v) is 3.05. The van der Waals surface area contributed by atoms with Gasteiger partial charge in [0, 0.05) is 11.2 Å². The van der Waals surface area contributed by atoms with Crippen LogP contribution >= 0.6 is 23.5 Å². The third-order valence-electron chi connectivity index (χ3n) is 1.25. The molecule has 15 heavy (non-hydrogen) atoms. The van der Waals surface area contributed by atoms with Gasteiger partial charge in [-0.2, -0.15) is 23.5 Å². The van der Waals surface area contributed by atoms with Gasteiger partial charge in [0.25, 0.3) is 0 Å². The van der Waals surface area contributed by atoms with Crippen LogP contribution in [-0.4, -0.2) is 28.9 Å². The Balaban J connectivity index is -0.000000147. The van der Waals surface area contributed by atoms with Crippen LogP contribution in [0.15, 0.2) is 0 Å². The molecule has 0 aromatic rings. The number of rotatable bonds is 2. The summed E-state index contributed by atoms with van der Waals surface area (Å²) in [6, 6.07) is 0. The second-order valence-corrected chi connectivity index (χ2v) is 6.50. The van der Waals surface area contributed by atoms with Crippen LogP contribution in [0.4, 0.5) is 0 Å². The minimum atomic E-state index is -0.245. The highest BCUT2D eigenvalue weighted by Crippen LogP contribution is 2.18. The molecule has 94 valence electrons. The first-order chi connectivity index (χ1) is 6.74. The highest BCUT2D eigenvalue weighted by molar-refractivity contribution is 7.99. The zero-order valence-electron chi connectivity index (χ0n) is 11.2. The quantitative estimate of drug-likeness (QED) is 0.820. The van der Waals surface area contributed by atoms with Crippen molar-refractivity contribution in [2.75, 3.05) is 18.3 Å². The summed E-state index contributed by atoms with van der Waals surface area (Å²) in [6.07, 6.45) is 4.67. The zero-order valence-corrected chi connectivity index (χ0v) is 12.8. The van der Waals surface area contributed by atoms with E-state index in [0.29, 0.717) is 11.2 Å². The Kier molecular flexibility index (Phi) is 19.4. The normalized spacial score (nSPS) is 9.27. The first kappa shape index (κ1) is 20.6. The smallest absolute Gasteiger partial charge is 0.217 e. The summed E-state index contributed by atoms with van der Waals surface area (Å²) in [5, 5.41) is 0. The maximum absolute atomic E-state index is 9.59. The van der Waals surface area contributed by atoms with Crippen molar-refractivity contribution in [2.24, 2.45) is 5.73 Å². The topological polar surface area (TPSA) is 43.1 Å². The van der Waals surface area contributed by atoms with E-state index in [2.05, 4.69) is 45.9 Å². The highest BCUT2D eigenvalue weighted by Gasteiger charge is 2.04. The van der Waals surface area contributed by atoms with Crippen LogP contribution in [0.25, 0.3) is 0 Å². The standard InChI is InChI=1S/C5H12S.C3H7NO.C3H8S/c1-5(2,3)6-4;1-2-3(4)5;1-3-4-2/h1-4H3;2H2,1H3,(H2,4,5);3H2,1-2H3. The van der Waals surface area contributed by atoms with E-state index < -0.39 is 0 Å². The Morgan fingerprint density at radius 1 is 1.20 bits per heavy atom. The number of thioether (sulfide) groups is 2. The van der Waals surface area contributed by atoms with Gasteiger partial charge in [0.2, 0.25) is 5.91 Å². The zero-order chi connectivity index (χ0) is 12.9. The molecule has 0 heterocycles. The van der Waals surface area contributed by atoms with Gasteiger partial charge < -0.3 is 5.73 Å². The van der Waals surface area contributed by atoms with Crippen molar-refractivity contribution in [2.45, 2.75) is 45.8 Å². The minimum absolute atomic E-state index is 0.245. The van der Waals surface area contributed by atoms with Crippen molar-refractivity contribution >= 4 is 29.4 Å². The fraction of sp³-hybridized carbons (Fsp3) is 0.909. The number of hydrogen-bond acceptors (Lipinski definition) is 3. The lowest BCUT2D eigenvalue weighted by Crippen LogP contribution is -2.06. The van der Waals surface area contributed by atoms with E-state index in [-0.39, 0.29) is 5.91 Å². The second kappa shape index (κ2) is 14.2.